The maximum Gasteiger partial charge on any atom is 0.433 e. The fourth-order valence-electron chi connectivity index (χ4n) is 4.55. The second-order valence-electron chi connectivity index (χ2n) is 8.80. The predicted molar refractivity (Wildman–Crippen MR) is 132 cm³/mol. The Bertz CT molecular complexity index is 1680. The second-order valence-corrected chi connectivity index (χ2v) is 8.80. The van der Waals surface area contributed by atoms with Gasteiger partial charge < -0.3 is 19.7 Å². The largest absolute Gasteiger partial charge is 0.477 e. The summed E-state index contributed by atoms with van der Waals surface area (Å²) in [6, 6.07) is 12.0. The molecule has 0 fully saturated rings. The van der Waals surface area contributed by atoms with Gasteiger partial charge in [0.25, 0.3) is 5.91 Å². The third-order valence-corrected chi connectivity index (χ3v) is 6.41. The molecule has 1 amide bonds. The Morgan fingerprint density at radius 1 is 1.11 bits per heavy atom. The molecule has 0 bridgehead atoms. The first-order valence-electron chi connectivity index (χ1n) is 11.5. The zero-order chi connectivity index (χ0) is 27.2. The summed E-state index contributed by atoms with van der Waals surface area (Å²) in [4.78, 5) is 40.7. The van der Waals surface area contributed by atoms with Crippen molar-refractivity contribution in [3.63, 3.8) is 0 Å². The van der Waals surface area contributed by atoms with E-state index in [1.165, 1.54) is 6.07 Å². The number of nitrogens with zero attached hydrogens (tertiary/aromatic N) is 2. The highest BCUT2D eigenvalue weighted by molar-refractivity contribution is 6.04. The van der Waals surface area contributed by atoms with Crippen LogP contribution in [0.25, 0.3) is 22.0 Å². The Labute approximate surface area is 213 Å². The van der Waals surface area contributed by atoms with E-state index in [9.17, 15) is 32.7 Å². The maximum absolute atomic E-state index is 13.0. The van der Waals surface area contributed by atoms with Crippen LogP contribution >= 0.6 is 0 Å². The summed E-state index contributed by atoms with van der Waals surface area (Å²) >= 11 is 0. The normalized spacial score (nSPS) is 13.3. The van der Waals surface area contributed by atoms with Gasteiger partial charge in [-0.2, -0.15) is 13.2 Å². The van der Waals surface area contributed by atoms with Gasteiger partial charge in [-0.1, -0.05) is 12.1 Å². The number of hydrogen-bond acceptors (Lipinski definition) is 5. The molecule has 0 unspecified atom stereocenters. The zero-order valence-electron chi connectivity index (χ0n) is 19.9. The van der Waals surface area contributed by atoms with Gasteiger partial charge in [-0.05, 0) is 60.0 Å². The third kappa shape index (κ3) is 4.52. The van der Waals surface area contributed by atoms with Gasteiger partial charge in [-0.15, -0.1) is 0 Å². The molecular weight excluding hydrogens is 503 g/mol. The number of hydrogen-bond donors (Lipinski definition) is 2. The minimum Gasteiger partial charge on any atom is -0.477 e. The molecule has 5 rings (SSSR count). The fourth-order valence-corrected chi connectivity index (χ4v) is 4.55. The van der Waals surface area contributed by atoms with E-state index in [2.05, 4.69) is 10.3 Å². The van der Waals surface area contributed by atoms with Crippen LogP contribution in [0.2, 0.25) is 0 Å². The molecule has 1 aliphatic heterocycles. The minimum absolute atomic E-state index is 0.00262. The van der Waals surface area contributed by atoms with Crippen LogP contribution in [-0.4, -0.2) is 33.1 Å². The lowest BCUT2D eigenvalue weighted by Crippen LogP contribution is -2.29. The molecule has 0 saturated heterocycles. The molecule has 4 aromatic rings. The van der Waals surface area contributed by atoms with Gasteiger partial charge in [0.2, 0.25) is 5.43 Å². The van der Waals surface area contributed by atoms with Crippen molar-refractivity contribution in [3.8, 4) is 11.1 Å². The summed E-state index contributed by atoms with van der Waals surface area (Å²) in [6.45, 7) is 2.59. The Balaban J connectivity index is 1.54. The molecule has 0 spiro atoms. The highest BCUT2D eigenvalue weighted by atomic mass is 19.4. The van der Waals surface area contributed by atoms with Crippen LogP contribution in [0.4, 0.5) is 18.9 Å². The standard InChI is InChI=1S/C27H20F3N3O5/c1-14-2-4-17(32-25(35)16-6-7-31-22(11-16)27(28,29)30)12-19(14)15-3-5-18-20(10-15)33-8-9-38-13-21(33)23(24(18)34)26(36)37/h2-7,10-12H,8-9,13H2,1H3,(H,32,35)(H,36,37). The number of carbonyl (C=O) groups excluding carboxylic acids is 1. The van der Waals surface area contributed by atoms with E-state index < -0.39 is 29.2 Å². The van der Waals surface area contributed by atoms with E-state index in [1.807, 2.05) is 6.92 Å². The number of nitrogens with one attached hydrogen (secondary N) is 1. The molecule has 0 saturated carbocycles. The molecule has 194 valence electrons. The molecule has 38 heavy (non-hydrogen) atoms. The van der Waals surface area contributed by atoms with Crippen molar-refractivity contribution in [1.29, 1.82) is 0 Å². The van der Waals surface area contributed by atoms with Gasteiger partial charge in [0, 0.05) is 29.4 Å². The van der Waals surface area contributed by atoms with Gasteiger partial charge in [-0.25, -0.2) is 4.79 Å². The molecule has 2 N–H and O–H groups in total. The molecule has 2 aromatic carbocycles. The van der Waals surface area contributed by atoms with Crippen LogP contribution in [0, 0.1) is 6.92 Å². The first-order valence-corrected chi connectivity index (χ1v) is 11.5. The number of halogens is 3. The van der Waals surface area contributed by atoms with Crippen LogP contribution in [0.15, 0.2) is 59.5 Å². The number of aromatic nitrogens is 2. The summed E-state index contributed by atoms with van der Waals surface area (Å²) in [7, 11) is 0. The number of ether oxygens (including phenoxy) is 1. The Morgan fingerprint density at radius 2 is 1.89 bits per heavy atom. The molecule has 0 aliphatic carbocycles. The van der Waals surface area contributed by atoms with Crippen molar-refractivity contribution in [2.45, 2.75) is 26.3 Å². The van der Waals surface area contributed by atoms with E-state index in [-0.39, 0.29) is 23.1 Å². The number of pyridine rings is 2. The number of amides is 1. The SMILES string of the molecule is Cc1ccc(NC(=O)c2ccnc(C(F)(F)F)c2)cc1-c1ccc2c(=O)c(C(=O)O)c3n(c2c1)CCOC3. The van der Waals surface area contributed by atoms with Crippen LogP contribution in [0.3, 0.4) is 0 Å². The van der Waals surface area contributed by atoms with Gasteiger partial charge in [0.15, 0.2) is 0 Å². The number of alkyl halides is 3. The highest BCUT2D eigenvalue weighted by Gasteiger charge is 2.33. The fraction of sp³-hybridized carbons (Fsp3) is 0.185. The quantitative estimate of drug-likeness (QED) is 0.395. The number of fused-ring (bicyclic) bond motifs is 3. The maximum atomic E-state index is 13.0. The van der Waals surface area contributed by atoms with Gasteiger partial charge in [0.05, 0.1) is 24.4 Å². The van der Waals surface area contributed by atoms with Crippen LogP contribution in [-0.2, 0) is 24.1 Å². The number of carboxylic acid groups (broad SMARTS) is 1. The van der Waals surface area contributed by atoms with Gasteiger partial charge >= 0.3 is 12.1 Å². The average Bonchev–Trinajstić information content (AvgIpc) is 2.89. The number of carbonyl (C=O) groups is 2. The molecule has 11 heteroatoms. The summed E-state index contributed by atoms with van der Waals surface area (Å²) in [5.74, 6) is -2.04. The monoisotopic (exact) mass is 523 g/mol. The highest BCUT2D eigenvalue weighted by Crippen LogP contribution is 2.31. The number of carboxylic acids is 1. The van der Waals surface area contributed by atoms with Crippen LogP contribution in [0.5, 0.6) is 0 Å². The smallest absolute Gasteiger partial charge is 0.433 e. The lowest BCUT2D eigenvalue weighted by molar-refractivity contribution is -0.141. The molecule has 0 radical (unpaired) electrons. The predicted octanol–water partition coefficient (Wildman–Crippen LogP) is 4.87. The van der Waals surface area contributed by atoms with Crippen molar-refractivity contribution in [2.75, 3.05) is 11.9 Å². The Hall–Kier alpha value is -4.51. The minimum atomic E-state index is -4.68. The van der Waals surface area contributed by atoms with E-state index in [0.29, 0.717) is 47.2 Å². The summed E-state index contributed by atoms with van der Waals surface area (Å²) in [5.41, 5.74) is 1.22. The van der Waals surface area contributed by atoms with Gasteiger partial charge in [0.1, 0.15) is 11.3 Å². The summed E-state index contributed by atoms with van der Waals surface area (Å²) in [6.07, 6.45) is -3.75. The number of rotatable bonds is 4. The third-order valence-electron chi connectivity index (χ3n) is 6.41. The van der Waals surface area contributed by atoms with Crippen molar-refractivity contribution in [3.05, 3.63) is 93.0 Å². The van der Waals surface area contributed by atoms with Gasteiger partial charge in [-0.3, -0.25) is 14.6 Å². The van der Waals surface area contributed by atoms with Crippen molar-refractivity contribution in [2.24, 2.45) is 0 Å². The second kappa shape index (κ2) is 9.42. The molecule has 2 aromatic heterocycles. The number of anilines is 1. The molecule has 1 aliphatic rings. The van der Waals surface area contributed by atoms with Crippen molar-refractivity contribution >= 4 is 28.5 Å². The first kappa shape index (κ1) is 25.2. The molecule has 0 atom stereocenters. The van der Waals surface area contributed by atoms with E-state index in [0.717, 1.165) is 11.8 Å². The summed E-state index contributed by atoms with van der Waals surface area (Å²) < 4.78 is 46.2. The molecular formula is C27H20F3N3O5. The number of benzene rings is 2. The Morgan fingerprint density at radius 3 is 2.63 bits per heavy atom. The molecule has 3 heterocycles. The average molecular weight is 523 g/mol. The van der Waals surface area contributed by atoms with Crippen LogP contribution < -0.4 is 10.7 Å². The Kier molecular flexibility index (Phi) is 6.23. The van der Waals surface area contributed by atoms with Crippen molar-refractivity contribution < 1.29 is 32.6 Å². The van der Waals surface area contributed by atoms with E-state index >= 15 is 0 Å². The summed E-state index contributed by atoms with van der Waals surface area (Å²) in [5, 5.41) is 12.5. The number of aromatic carboxylic acids is 1. The van der Waals surface area contributed by atoms with E-state index in [1.54, 1.807) is 41.0 Å². The number of aryl methyl sites for hydroxylation is 1. The molecule has 8 nitrogen and oxygen atoms in total. The van der Waals surface area contributed by atoms with E-state index in [4.69, 9.17) is 4.74 Å². The lowest BCUT2D eigenvalue weighted by Gasteiger charge is -2.24. The zero-order valence-corrected chi connectivity index (χ0v) is 19.9. The van der Waals surface area contributed by atoms with Crippen molar-refractivity contribution in [1.82, 2.24) is 9.55 Å². The van der Waals surface area contributed by atoms with Crippen LogP contribution in [0.1, 0.15) is 37.7 Å². The first-order chi connectivity index (χ1) is 18.0. The lowest BCUT2D eigenvalue weighted by atomic mass is 9.97. The topological polar surface area (TPSA) is 111 Å².